The lowest BCUT2D eigenvalue weighted by Gasteiger charge is -2.29. The van der Waals surface area contributed by atoms with Crippen molar-refractivity contribution in [2.75, 3.05) is 13.2 Å². The third kappa shape index (κ3) is 2.41. The molecule has 0 aliphatic carbocycles. The number of aromatic amines is 1. The van der Waals surface area contributed by atoms with Gasteiger partial charge in [0, 0.05) is 19.3 Å². The van der Waals surface area contributed by atoms with Crippen LogP contribution in [-0.2, 0) is 4.74 Å². The van der Waals surface area contributed by atoms with Gasteiger partial charge in [0.05, 0.1) is 6.07 Å². The number of nitrogens with zero attached hydrogens (tertiary/aromatic N) is 1. The molecule has 1 saturated heterocycles. The Kier molecular flexibility index (Phi) is 3.33. The number of aromatic nitrogens is 2. The maximum absolute atomic E-state index is 11.7. The van der Waals surface area contributed by atoms with Crippen LogP contribution in [0.5, 0.6) is 5.88 Å². The molecule has 2 N–H and O–H groups in total. The Hall–Kier alpha value is -1.56. The molecular weight excluding hydrogens is 224 g/mol. The fourth-order valence-corrected chi connectivity index (χ4v) is 2.30. The van der Waals surface area contributed by atoms with E-state index in [1.54, 1.807) is 0 Å². The summed E-state index contributed by atoms with van der Waals surface area (Å²) in [6, 6.07) is 0.875. The highest BCUT2D eigenvalue weighted by Gasteiger charge is 2.24. The molecule has 1 aromatic rings. The summed E-state index contributed by atoms with van der Waals surface area (Å²) in [5, 5.41) is 9.68. The lowest BCUT2D eigenvalue weighted by Crippen LogP contribution is -2.35. The molecule has 1 atom stereocenters. The summed E-state index contributed by atoms with van der Waals surface area (Å²) in [5.74, 6) is -0.00371. The second-order valence-electron chi connectivity index (χ2n) is 4.36. The van der Waals surface area contributed by atoms with E-state index in [1.165, 1.54) is 4.57 Å². The van der Waals surface area contributed by atoms with E-state index in [4.69, 9.17) is 4.74 Å². The highest BCUT2D eigenvalue weighted by Crippen LogP contribution is 2.28. The molecule has 0 spiro atoms. The minimum Gasteiger partial charge on any atom is -0.494 e. The average molecular weight is 240 g/mol. The van der Waals surface area contributed by atoms with Crippen LogP contribution in [-0.4, -0.2) is 27.9 Å². The van der Waals surface area contributed by atoms with E-state index in [9.17, 15) is 14.7 Å². The summed E-state index contributed by atoms with van der Waals surface area (Å²) in [6.07, 6.45) is 1.71. The number of H-pyrrole nitrogens is 1. The molecular formula is C11H16N2O4. The highest BCUT2D eigenvalue weighted by atomic mass is 16.5. The van der Waals surface area contributed by atoms with E-state index in [1.807, 2.05) is 6.92 Å². The third-order valence-electron chi connectivity index (χ3n) is 3.31. The summed E-state index contributed by atoms with van der Waals surface area (Å²) in [6.45, 7) is 3.22. The Morgan fingerprint density at radius 1 is 1.47 bits per heavy atom. The molecule has 1 aliphatic rings. The van der Waals surface area contributed by atoms with E-state index in [0.29, 0.717) is 13.2 Å². The zero-order chi connectivity index (χ0) is 12.4. The van der Waals surface area contributed by atoms with Gasteiger partial charge in [0.2, 0.25) is 5.88 Å². The topological polar surface area (TPSA) is 84.3 Å². The fourth-order valence-electron chi connectivity index (χ4n) is 2.30. The first-order valence-electron chi connectivity index (χ1n) is 5.72. The van der Waals surface area contributed by atoms with Gasteiger partial charge in [0.25, 0.3) is 5.56 Å². The summed E-state index contributed by atoms with van der Waals surface area (Å²) in [7, 11) is 0. The zero-order valence-corrected chi connectivity index (χ0v) is 9.68. The van der Waals surface area contributed by atoms with Gasteiger partial charge in [-0.15, -0.1) is 0 Å². The second kappa shape index (κ2) is 4.75. The summed E-state index contributed by atoms with van der Waals surface area (Å²) < 4.78 is 6.49. The molecule has 0 amide bonds. The van der Waals surface area contributed by atoms with Crippen molar-refractivity contribution in [1.29, 1.82) is 0 Å². The molecule has 2 rings (SSSR count). The van der Waals surface area contributed by atoms with E-state index < -0.39 is 11.2 Å². The predicted molar refractivity (Wildman–Crippen MR) is 61.2 cm³/mol. The molecule has 1 aliphatic heterocycles. The highest BCUT2D eigenvalue weighted by molar-refractivity contribution is 5.07. The Morgan fingerprint density at radius 2 is 2.12 bits per heavy atom. The number of aromatic hydroxyl groups is 1. The monoisotopic (exact) mass is 240 g/mol. The van der Waals surface area contributed by atoms with Crippen LogP contribution in [0.1, 0.15) is 25.8 Å². The lowest BCUT2D eigenvalue weighted by atomic mass is 9.93. The van der Waals surface area contributed by atoms with Crippen LogP contribution >= 0.6 is 0 Å². The molecule has 17 heavy (non-hydrogen) atoms. The Balaban J connectivity index is 2.33. The molecule has 6 heteroatoms. The first-order valence-corrected chi connectivity index (χ1v) is 5.72. The van der Waals surface area contributed by atoms with E-state index in [0.717, 1.165) is 18.9 Å². The van der Waals surface area contributed by atoms with Gasteiger partial charge in [-0.05, 0) is 25.7 Å². The molecule has 2 heterocycles. The van der Waals surface area contributed by atoms with Crippen molar-refractivity contribution in [1.82, 2.24) is 9.55 Å². The smallest absolute Gasteiger partial charge is 0.331 e. The Morgan fingerprint density at radius 3 is 2.71 bits per heavy atom. The van der Waals surface area contributed by atoms with Crippen LogP contribution in [0, 0.1) is 5.92 Å². The molecule has 1 unspecified atom stereocenters. The fraction of sp³-hybridized carbons (Fsp3) is 0.636. The predicted octanol–water partition coefficient (Wildman–Crippen LogP) is 0.230. The van der Waals surface area contributed by atoms with Crippen LogP contribution in [0.15, 0.2) is 15.7 Å². The SMILES string of the molecule is CC(C1CCOCC1)n1c(O)cc(=O)[nH]c1=O. The first-order chi connectivity index (χ1) is 8.09. The molecule has 0 saturated carbocycles. The van der Waals surface area contributed by atoms with Crippen molar-refractivity contribution in [2.45, 2.75) is 25.8 Å². The number of hydrogen-bond acceptors (Lipinski definition) is 4. The second-order valence-corrected chi connectivity index (χ2v) is 4.36. The number of nitrogens with one attached hydrogen (secondary N) is 1. The van der Waals surface area contributed by atoms with Gasteiger partial charge in [-0.3, -0.25) is 14.3 Å². The van der Waals surface area contributed by atoms with Crippen molar-refractivity contribution < 1.29 is 9.84 Å². The zero-order valence-electron chi connectivity index (χ0n) is 9.68. The van der Waals surface area contributed by atoms with Gasteiger partial charge in [0.15, 0.2) is 0 Å². The van der Waals surface area contributed by atoms with Gasteiger partial charge in [-0.2, -0.15) is 0 Å². The maximum atomic E-state index is 11.7. The molecule has 0 bridgehead atoms. The molecule has 0 aromatic carbocycles. The number of hydrogen-bond donors (Lipinski definition) is 2. The molecule has 94 valence electrons. The van der Waals surface area contributed by atoms with Crippen LogP contribution in [0.3, 0.4) is 0 Å². The Labute approximate surface area is 97.9 Å². The largest absolute Gasteiger partial charge is 0.494 e. The van der Waals surface area contributed by atoms with E-state index in [2.05, 4.69) is 4.98 Å². The van der Waals surface area contributed by atoms with Crippen LogP contribution in [0.2, 0.25) is 0 Å². The van der Waals surface area contributed by atoms with Gasteiger partial charge < -0.3 is 9.84 Å². The van der Waals surface area contributed by atoms with Crippen molar-refractivity contribution in [3.63, 3.8) is 0 Å². The van der Waals surface area contributed by atoms with Crippen LogP contribution < -0.4 is 11.2 Å². The minimum absolute atomic E-state index is 0.150. The molecule has 0 radical (unpaired) electrons. The quantitative estimate of drug-likeness (QED) is 0.775. The standard InChI is InChI=1S/C11H16N2O4/c1-7(8-2-4-17-5-3-8)13-10(15)6-9(14)12-11(13)16/h6-8,15H,2-5H2,1H3,(H,12,14,16). The normalized spacial score (nSPS) is 19.1. The first kappa shape index (κ1) is 11.9. The van der Waals surface area contributed by atoms with Crippen molar-refractivity contribution in [3.8, 4) is 5.88 Å². The third-order valence-corrected chi connectivity index (χ3v) is 3.31. The lowest BCUT2D eigenvalue weighted by molar-refractivity contribution is 0.0494. The van der Waals surface area contributed by atoms with Crippen molar-refractivity contribution >= 4 is 0 Å². The summed E-state index contributed by atoms with van der Waals surface area (Å²) in [4.78, 5) is 24.8. The average Bonchev–Trinajstić information content (AvgIpc) is 2.28. The number of ether oxygens (including phenoxy) is 1. The molecule has 1 aromatic heterocycles. The van der Waals surface area contributed by atoms with Crippen molar-refractivity contribution in [2.24, 2.45) is 5.92 Å². The van der Waals surface area contributed by atoms with E-state index >= 15 is 0 Å². The van der Waals surface area contributed by atoms with Crippen LogP contribution in [0.4, 0.5) is 0 Å². The van der Waals surface area contributed by atoms with Gasteiger partial charge in [0.1, 0.15) is 0 Å². The van der Waals surface area contributed by atoms with Gasteiger partial charge in [-0.1, -0.05) is 0 Å². The molecule has 6 nitrogen and oxygen atoms in total. The summed E-state index contributed by atoms with van der Waals surface area (Å²) >= 11 is 0. The van der Waals surface area contributed by atoms with Gasteiger partial charge in [-0.25, -0.2) is 4.79 Å². The Bertz CT molecular complexity index is 499. The van der Waals surface area contributed by atoms with Crippen molar-refractivity contribution in [3.05, 3.63) is 26.9 Å². The van der Waals surface area contributed by atoms with Crippen LogP contribution in [0.25, 0.3) is 0 Å². The minimum atomic E-state index is -0.581. The number of rotatable bonds is 2. The van der Waals surface area contributed by atoms with Gasteiger partial charge >= 0.3 is 5.69 Å². The molecule has 1 fully saturated rings. The van der Waals surface area contributed by atoms with E-state index in [-0.39, 0.29) is 17.8 Å². The maximum Gasteiger partial charge on any atom is 0.331 e. The summed E-state index contributed by atoms with van der Waals surface area (Å²) in [5.41, 5.74) is -1.14.